The minimum atomic E-state index is -4.36. The first-order chi connectivity index (χ1) is 17.7. The van der Waals surface area contributed by atoms with Gasteiger partial charge in [-0.05, 0) is 54.6 Å². The third kappa shape index (κ3) is 4.28. The van der Waals surface area contributed by atoms with Gasteiger partial charge in [-0.3, -0.25) is 4.79 Å². The topological polar surface area (TPSA) is 118 Å². The number of aromatic hydroxyl groups is 1. The average molecular weight is 530 g/mol. The molecular weight excluding hydrogens is 510 g/mol. The number of fused-ring (bicyclic) bond motifs is 1. The number of carbonyl (C=O) groups excluding carboxylic acids is 1. The Morgan fingerprint density at radius 3 is 1.68 bits per heavy atom. The molecule has 0 aliphatic heterocycles. The highest BCUT2D eigenvalue weighted by atomic mass is 32.2. The summed E-state index contributed by atoms with van der Waals surface area (Å²) >= 11 is 0. The number of sulfone groups is 2. The second-order valence-electron chi connectivity index (χ2n) is 8.14. The molecule has 0 atom stereocenters. The molecule has 184 valence electrons. The highest BCUT2D eigenvalue weighted by Crippen LogP contribution is 2.39. The molecule has 0 unspecified atom stereocenters. The van der Waals surface area contributed by atoms with Crippen molar-refractivity contribution in [2.24, 2.45) is 4.99 Å². The molecule has 5 rings (SSSR count). The lowest BCUT2D eigenvalue weighted by atomic mass is 9.93. The molecule has 9 heteroatoms. The Morgan fingerprint density at radius 1 is 0.595 bits per heavy atom. The van der Waals surface area contributed by atoms with Gasteiger partial charge in [0.25, 0.3) is 0 Å². The van der Waals surface area contributed by atoms with Crippen molar-refractivity contribution in [3.05, 3.63) is 125 Å². The van der Waals surface area contributed by atoms with Crippen molar-refractivity contribution in [3.8, 4) is 5.75 Å². The fourth-order valence-corrected chi connectivity index (χ4v) is 6.91. The minimum Gasteiger partial charge on any atom is -0.507 e. The minimum absolute atomic E-state index is 0.0575. The van der Waals surface area contributed by atoms with Crippen molar-refractivity contribution in [2.45, 2.75) is 14.7 Å². The van der Waals surface area contributed by atoms with Crippen molar-refractivity contribution < 1.29 is 26.7 Å². The van der Waals surface area contributed by atoms with Crippen molar-refractivity contribution in [2.75, 3.05) is 0 Å². The standard InChI is InChI=1S/C28H19NO6S2/c30-23-16-17-24(36(32,33)20-12-6-2-7-13-20)27-26(23)22(29-19-10-4-1-5-11-19)18-25(28(27)31)37(34,35)21-14-8-3-9-15-21/h1-18,30H. The van der Waals surface area contributed by atoms with E-state index in [0.717, 1.165) is 18.2 Å². The van der Waals surface area contributed by atoms with E-state index in [-0.39, 0.29) is 21.1 Å². The lowest BCUT2D eigenvalue weighted by molar-refractivity contribution is 0.103. The molecule has 1 aliphatic carbocycles. The number of aliphatic imine (C=N–C) groups is 1. The molecule has 0 saturated heterocycles. The fourth-order valence-electron chi connectivity index (χ4n) is 4.05. The summed E-state index contributed by atoms with van der Waals surface area (Å²) in [6.07, 6.45) is 1.08. The van der Waals surface area contributed by atoms with Crippen LogP contribution >= 0.6 is 0 Å². The monoisotopic (exact) mass is 529 g/mol. The van der Waals surface area contributed by atoms with Crippen LogP contribution in [0.2, 0.25) is 0 Å². The Labute approximate surface area is 213 Å². The third-order valence-electron chi connectivity index (χ3n) is 5.81. The summed E-state index contributed by atoms with van der Waals surface area (Å²) < 4.78 is 54.4. The average Bonchev–Trinajstić information content (AvgIpc) is 2.91. The van der Waals surface area contributed by atoms with E-state index in [1.165, 1.54) is 48.5 Å². The van der Waals surface area contributed by atoms with Gasteiger partial charge in [-0.25, -0.2) is 21.8 Å². The number of phenols is 1. The summed E-state index contributed by atoms with van der Waals surface area (Å²) in [4.78, 5) is 17.0. The van der Waals surface area contributed by atoms with Gasteiger partial charge in [0, 0.05) is 0 Å². The van der Waals surface area contributed by atoms with Crippen LogP contribution in [0.3, 0.4) is 0 Å². The first-order valence-electron chi connectivity index (χ1n) is 11.1. The molecule has 0 amide bonds. The van der Waals surface area contributed by atoms with Crippen molar-refractivity contribution in [3.63, 3.8) is 0 Å². The smallest absolute Gasteiger partial charge is 0.210 e. The van der Waals surface area contributed by atoms with Crippen LogP contribution in [0.1, 0.15) is 15.9 Å². The van der Waals surface area contributed by atoms with Crippen LogP contribution in [-0.4, -0.2) is 33.4 Å². The molecule has 0 aromatic heterocycles. The number of Topliss-reactive ketones (excluding diaryl/α,β-unsaturated/α-hetero) is 1. The number of benzene rings is 4. The van der Waals surface area contributed by atoms with Crippen molar-refractivity contribution in [1.82, 2.24) is 0 Å². The zero-order chi connectivity index (χ0) is 26.2. The Balaban J connectivity index is 1.84. The first kappa shape index (κ1) is 24.4. The van der Waals surface area contributed by atoms with Crippen molar-refractivity contribution >= 4 is 36.9 Å². The third-order valence-corrected chi connectivity index (χ3v) is 9.40. The number of ketones is 1. The molecule has 4 aromatic carbocycles. The zero-order valence-corrected chi connectivity index (χ0v) is 20.8. The largest absolute Gasteiger partial charge is 0.507 e. The second kappa shape index (κ2) is 9.27. The summed E-state index contributed by atoms with van der Waals surface area (Å²) in [5, 5.41) is 10.8. The van der Waals surface area contributed by atoms with E-state index in [0.29, 0.717) is 5.69 Å². The van der Waals surface area contributed by atoms with Gasteiger partial charge in [0.05, 0.1) is 37.2 Å². The van der Waals surface area contributed by atoms with Gasteiger partial charge in [-0.1, -0.05) is 54.6 Å². The van der Waals surface area contributed by atoms with Gasteiger partial charge in [0.1, 0.15) is 10.7 Å². The van der Waals surface area contributed by atoms with Crippen LogP contribution in [0.4, 0.5) is 5.69 Å². The maximum Gasteiger partial charge on any atom is 0.210 e. The first-order valence-corrected chi connectivity index (χ1v) is 14.0. The molecule has 0 spiro atoms. The number of rotatable bonds is 5. The predicted molar refractivity (Wildman–Crippen MR) is 139 cm³/mol. The lowest BCUT2D eigenvalue weighted by Crippen LogP contribution is -2.25. The highest BCUT2D eigenvalue weighted by molar-refractivity contribution is 7.96. The van der Waals surface area contributed by atoms with E-state index < -0.39 is 46.6 Å². The van der Waals surface area contributed by atoms with E-state index in [2.05, 4.69) is 4.99 Å². The lowest BCUT2D eigenvalue weighted by Gasteiger charge is -2.22. The summed E-state index contributed by atoms with van der Waals surface area (Å²) in [5.74, 6) is -1.45. The molecular formula is C28H19NO6S2. The Hall–Kier alpha value is -4.34. The molecule has 0 fully saturated rings. The Morgan fingerprint density at radius 2 is 1.11 bits per heavy atom. The molecule has 4 aromatic rings. The van der Waals surface area contributed by atoms with E-state index in [1.54, 1.807) is 42.5 Å². The molecule has 0 bridgehead atoms. The quantitative estimate of drug-likeness (QED) is 0.393. The summed E-state index contributed by atoms with van der Waals surface area (Å²) in [7, 11) is -8.63. The fraction of sp³-hybridized carbons (Fsp3) is 0. The van der Waals surface area contributed by atoms with Crippen LogP contribution in [0.15, 0.2) is 134 Å². The number of nitrogens with zero attached hydrogens (tertiary/aromatic N) is 1. The van der Waals surface area contributed by atoms with E-state index in [9.17, 15) is 26.7 Å². The maximum atomic E-state index is 13.8. The van der Waals surface area contributed by atoms with E-state index >= 15 is 0 Å². The Bertz CT molecular complexity index is 1790. The predicted octanol–water partition coefficient (Wildman–Crippen LogP) is 4.90. The van der Waals surface area contributed by atoms with Crippen LogP contribution in [0.5, 0.6) is 5.75 Å². The molecule has 0 radical (unpaired) electrons. The van der Waals surface area contributed by atoms with Crippen LogP contribution in [0, 0.1) is 0 Å². The van der Waals surface area contributed by atoms with Gasteiger partial charge >= 0.3 is 0 Å². The molecule has 1 aliphatic rings. The number of para-hydroxylation sites is 1. The molecule has 0 saturated carbocycles. The molecule has 1 N–H and O–H groups in total. The van der Waals surface area contributed by atoms with Gasteiger partial charge in [-0.2, -0.15) is 0 Å². The van der Waals surface area contributed by atoms with E-state index in [1.807, 2.05) is 0 Å². The number of allylic oxidation sites excluding steroid dienone is 2. The zero-order valence-electron chi connectivity index (χ0n) is 19.1. The molecule has 0 heterocycles. The summed E-state index contributed by atoms with van der Waals surface area (Å²) in [6.45, 7) is 0. The van der Waals surface area contributed by atoms with Gasteiger partial charge in [0.2, 0.25) is 25.5 Å². The molecule has 7 nitrogen and oxygen atoms in total. The van der Waals surface area contributed by atoms with Crippen molar-refractivity contribution in [1.29, 1.82) is 0 Å². The number of carbonyl (C=O) groups is 1. The number of phenolic OH excluding ortho intramolecular Hbond substituents is 1. The van der Waals surface area contributed by atoms with Crippen LogP contribution in [0.25, 0.3) is 0 Å². The second-order valence-corrected chi connectivity index (χ2v) is 12.0. The normalized spacial score (nSPS) is 14.8. The number of hydrogen-bond donors (Lipinski definition) is 1. The summed E-state index contributed by atoms with van der Waals surface area (Å²) in [6, 6.07) is 25.6. The summed E-state index contributed by atoms with van der Waals surface area (Å²) in [5.41, 5.74) is -0.243. The SMILES string of the molecule is O=C1C(S(=O)(=O)c2ccccc2)=CC(=Nc2ccccc2)c2c(O)ccc(S(=O)(=O)c3ccccc3)c21. The van der Waals surface area contributed by atoms with Gasteiger partial charge in [0.15, 0.2) is 0 Å². The van der Waals surface area contributed by atoms with Crippen LogP contribution in [-0.2, 0) is 19.7 Å². The highest BCUT2D eigenvalue weighted by Gasteiger charge is 2.39. The van der Waals surface area contributed by atoms with Gasteiger partial charge in [-0.15, -0.1) is 0 Å². The van der Waals surface area contributed by atoms with E-state index in [4.69, 9.17) is 0 Å². The Kier molecular flexibility index (Phi) is 6.10. The number of hydrogen-bond acceptors (Lipinski definition) is 7. The maximum absolute atomic E-state index is 13.8. The van der Waals surface area contributed by atoms with Gasteiger partial charge < -0.3 is 5.11 Å². The molecule has 37 heavy (non-hydrogen) atoms. The van der Waals surface area contributed by atoms with Crippen LogP contribution < -0.4 is 0 Å².